The van der Waals surface area contributed by atoms with Crippen molar-refractivity contribution < 1.29 is 9.53 Å². The molecule has 0 bridgehead atoms. The number of nitrogens with two attached hydrogens (primary N) is 1. The van der Waals surface area contributed by atoms with E-state index in [-0.39, 0.29) is 11.9 Å². The van der Waals surface area contributed by atoms with Gasteiger partial charge in [-0.25, -0.2) is 0 Å². The van der Waals surface area contributed by atoms with E-state index in [1.807, 2.05) is 16.3 Å². The standard InChI is InChI=1S/C12H18N2O2S/c13-8-10-9-16-6-5-14(10)12(15)4-3-11-2-1-7-17-11/h1-2,7,10H,3-6,8-9,13H2. The van der Waals surface area contributed by atoms with E-state index in [0.717, 1.165) is 6.42 Å². The van der Waals surface area contributed by atoms with Gasteiger partial charge >= 0.3 is 0 Å². The minimum atomic E-state index is 0.0552. The zero-order chi connectivity index (χ0) is 12.1. The van der Waals surface area contributed by atoms with E-state index >= 15 is 0 Å². The third kappa shape index (κ3) is 3.28. The summed E-state index contributed by atoms with van der Waals surface area (Å²) in [6.07, 6.45) is 1.39. The fourth-order valence-corrected chi connectivity index (χ4v) is 2.72. The van der Waals surface area contributed by atoms with Crippen LogP contribution in [0.2, 0.25) is 0 Å². The second-order valence-electron chi connectivity index (χ2n) is 4.13. The van der Waals surface area contributed by atoms with Crippen molar-refractivity contribution in [2.24, 2.45) is 5.73 Å². The normalized spacial score (nSPS) is 20.5. The van der Waals surface area contributed by atoms with Gasteiger partial charge < -0.3 is 15.4 Å². The molecule has 1 amide bonds. The molecule has 4 nitrogen and oxygen atoms in total. The molecule has 17 heavy (non-hydrogen) atoms. The van der Waals surface area contributed by atoms with E-state index < -0.39 is 0 Å². The summed E-state index contributed by atoms with van der Waals surface area (Å²) in [7, 11) is 0. The topological polar surface area (TPSA) is 55.6 Å². The molecular weight excluding hydrogens is 236 g/mol. The van der Waals surface area contributed by atoms with E-state index in [1.165, 1.54) is 4.88 Å². The lowest BCUT2D eigenvalue weighted by Gasteiger charge is -2.35. The van der Waals surface area contributed by atoms with E-state index in [4.69, 9.17) is 10.5 Å². The lowest BCUT2D eigenvalue weighted by molar-refractivity contribution is -0.139. The summed E-state index contributed by atoms with van der Waals surface area (Å²) in [5, 5.41) is 2.04. The summed E-state index contributed by atoms with van der Waals surface area (Å²) < 4.78 is 5.33. The highest BCUT2D eigenvalue weighted by molar-refractivity contribution is 7.09. The van der Waals surface area contributed by atoms with Crippen LogP contribution in [0.4, 0.5) is 0 Å². The quantitative estimate of drug-likeness (QED) is 0.867. The number of morpholine rings is 1. The van der Waals surface area contributed by atoms with Gasteiger partial charge in [0.1, 0.15) is 0 Å². The molecule has 1 atom stereocenters. The van der Waals surface area contributed by atoms with Crippen molar-refractivity contribution in [3.05, 3.63) is 22.4 Å². The third-order valence-electron chi connectivity index (χ3n) is 2.99. The molecule has 94 valence electrons. The van der Waals surface area contributed by atoms with Crippen molar-refractivity contribution in [1.82, 2.24) is 4.90 Å². The molecule has 1 saturated heterocycles. The first-order chi connectivity index (χ1) is 8.31. The molecular formula is C12H18N2O2S. The summed E-state index contributed by atoms with van der Waals surface area (Å²) in [5.74, 6) is 0.192. The van der Waals surface area contributed by atoms with Crippen molar-refractivity contribution in [2.45, 2.75) is 18.9 Å². The maximum absolute atomic E-state index is 12.1. The van der Waals surface area contributed by atoms with E-state index in [2.05, 4.69) is 6.07 Å². The minimum Gasteiger partial charge on any atom is -0.377 e. The molecule has 2 N–H and O–H groups in total. The molecule has 5 heteroatoms. The number of amides is 1. The number of hydrogen-bond acceptors (Lipinski definition) is 4. The van der Waals surface area contributed by atoms with Crippen LogP contribution in [0, 0.1) is 0 Å². The van der Waals surface area contributed by atoms with Crippen molar-refractivity contribution >= 4 is 17.2 Å². The second-order valence-corrected chi connectivity index (χ2v) is 5.16. The molecule has 0 aliphatic carbocycles. The van der Waals surface area contributed by atoms with Crippen molar-refractivity contribution in [3.63, 3.8) is 0 Å². The van der Waals surface area contributed by atoms with Crippen LogP contribution in [0.15, 0.2) is 17.5 Å². The molecule has 0 aromatic carbocycles. The van der Waals surface area contributed by atoms with Gasteiger partial charge in [0, 0.05) is 24.4 Å². The maximum Gasteiger partial charge on any atom is 0.223 e. The number of nitrogens with zero attached hydrogens (tertiary/aromatic N) is 1. The molecule has 0 saturated carbocycles. The zero-order valence-corrected chi connectivity index (χ0v) is 10.6. The summed E-state index contributed by atoms with van der Waals surface area (Å²) in [6, 6.07) is 4.14. The Morgan fingerprint density at radius 2 is 2.53 bits per heavy atom. The largest absolute Gasteiger partial charge is 0.377 e. The lowest BCUT2D eigenvalue weighted by atomic mass is 10.2. The van der Waals surface area contributed by atoms with Crippen LogP contribution in [-0.2, 0) is 16.0 Å². The molecule has 2 rings (SSSR count). The number of aryl methyl sites for hydroxylation is 1. The Balaban J connectivity index is 1.85. The van der Waals surface area contributed by atoms with Gasteiger partial charge in [-0.3, -0.25) is 4.79 Å². The Bertz CT molecular complexity index is 353. The van der Waals surface area contributed by atoms with Crippen LogP contribution in [-0.4, -0.2) is 43.2 Å². The second kappa shape index (κ2) is 6.14. The van der Waals surface area contributed by atoms with Crippen molar-refractivity contribution in [3.8, 4) is 0 Å². The highest BCUT2D eigenvalue weighted by atomic mass is 32.1. The first kappa shape index (κ1) is 12.5. The number of hydrogen-bond donors (Lipinski definition) is 1. The van der Waals surface area contributed by atoms with Gasteiger partial charge in [0.25, 0.3) is 0 Å². The molecule has 1 aliphatic heterocycles. The first-order valence-electron chi connectivity index (χ1n) is 5.91. The van der Waals surface area contributed by atoms with Gasteiger partial charge in [-0.05, 0) is 17.9 Å². The average molecular weight is 254 g/mol. The number of carbonyl (C=O) groups is 1. The van der Waals surface area contributed by atoms with E-state index in [0.29, 0.717) is 32.7 Å². The monoisotopic (exact) mass is 254 g/mol. The summed E-state index contributed by atoms with van der Waals surface area (Å²) in [4.78, 5) is 15.2. The molecule has 1 aliphatic rings. The number of ether oxygens (including phenoxy) is 1. The molecule has 1 unspecified atom stereocenters. The lowest BCUT2D eigenvalue weighted by Crippen LogP contribution is -2.52. The fraction of sp³-hybridized carbons (Fsp3) is 0.583. The van der Waals surface area contributed by atoms with Crippen LogP contribution >= 0.6 is 11.3 Å². The Morgan fingerprint density at radius 3 is 3.24 bits per heavy atom. The van der Waals surface area contributed by atoms with Crippen molar-refractivity contribution in [1.29, 1.82) is 0 Å². The molecule has 1 aromatic rings. The summed E-state index contributed by atoms with van der Waals surface area (Å²) >= 11 is 1.70. The highest BCUT2D eigenvalue weighted by Gasteiger charge is 2.25. The van der Waals surface area contributed by atoms with Gasteiger partial charge in [0.05, 0.1) is 19.3 Å². The van der Waals surface area contributed by atoms with Crippen LogP contribution in [0.1, 0.15) is 11.3 Å². The molecule has 1 fully saturated rings. The number of carbonyl (C=O) groups excluding carboxylic acids is 1. The predicted octanol–water partition coefficient (Wildman–Crippen LogP) is 0.867. The molecule has 0 spiro atoms. The predicted molar refractivity (Wildman–Crippen MR) is 68.0 cm³/mol. The third-order valence-corrected chi connectivity index (χ3v) is 3.92. The van der Waals surface area contributed by atoms with Crippen LogP contribution in [0.3, 0.4) is 0 Å². The highest BCUT2D eigenvalue weighted by Crippen LogP contribution is 2.14. The van der Waals surface area contributed by atoms with Gasteiger partial charge in [0.2, 0.25) is 5.91 Å². The Morgan fingerprint density at radius 1 is 1.65 bits per heavy atom. The van der Waals surface area contributed by atoms with Gasteiger partial charge in [-0.2, -0.15) is 0 Å². The van der Waals surface area contributed by atoms with Gasteiger partial charge in [-0.1, -0.05) is 6.07 Å². The molecule has 2 heterocycles. The first-order valence-corrected chi connectivity index (χ1v) is 6.79. The van der Waals surface area contributed by atoms with E-state index in [1.54, 1.807) is 11.3 Å². The fourth-order valence-electron chi connectivity index (χ4n) is 2.01. The van der Waals surface area contributed by atoms with Gasteiger partial charge in [-0.15, -0.1) is 11.3 Å². The summed E-state index contributed by atoms with van der Waals surface area (Å²) in [5.41, 5.74) is 5.65. The average Bonchev–Trinajstić information content (AvgIpc) is 2.89. The zero-order valence-electron chi connectivity index (χ0n) is 9.80. The van der Waals surface area contributed by atoms with Crippen LogP contribution < -0.4 is 5.73 Å². The molecule has 1 aromatic heterocycles. The minimum absolute atomic E-state index is 0.0552. The Hall–Kier alpha value is -0.910. The smallest absolute Gasteiger partial charge is 0.223 e. The van der Waals surface area contributed by atoms with Crippen molar-refractivity contribution in [2.75, 3.05) is 26.3 Å². The number of thiophene rings is 1. The van der Waals surface area contributed by atoms with E-state index in [9.17, 15) is 4.79 Å². The summed E-state index contributed by atoms with van der Waals surface area (Å²) in [6.45, 7) is 2.35. The SMILES string of the molecule is NCC1COCCN1C(=O)CCc1cccs1. The Kier molecular flexibility index (Phi) is 4.53. The van der Waals surface area contributed by atoms with Crippen LogP contribution in [0.5, 0.6) is 0 Å². The number of rotatable bonds is 4. The Labute approximate surface area is 105 Å². The molecule has 0 radical (unpaired) electrons. The van der Waals surface area contributed by atoms with Gasteiger partial charge in [0.15, 0.2) is 0 Å². The maximum atomic E-state index is 12.1. The van der Waals surface area contributed by atoms with Crippen LogP contribution in [0.25, 0.3) is 0 Å².